The van der Waals surface area contributed by atoms with Gasteiger partial charge in [-0.25, -0.2) is 0 Å². The van der Waals surface area contributed by atoms with Crippen LogP contribution in [0.5, 0.6) is 0 Å². The van der Waals surface area contributed by atoms with Crippen LogP contribution in [0, 0.1) is 10.1 Å². The number of nitro benzene ring substituents is 1. The molecule has 0 atom stereocenters. The molecule has 0 aliphatic carbocycles. The Morgan fingerprint density at radius 2 is 1.81 bits per heavy atom. The van der Waals surface area contributed by atoms with Crippen LogP contribution in [0.4, 0.5) is 17.1 Å². The number of rotatable bonds is 4. The molecule has 2 heterocycles. The van der Waals surface area contributed by atoms with E-state index in [9.17, 15) is 19.7 Å². The van der Waals surface area contributed by atoms with Crippen molar-refractivity contribution in [1.29, 1.82) is 0 Å². The molecule has 2 amide bonds. The molecule has 0 unspecified atom stereocenters. The molecular formula is C21H17ClN4O5S. The number of non-ortho nitro benzene ring substituents is 1. The van der Waals surface area contributed by atoms with Crippen molar-refractivity contribution >= 4 is 63.9 Å². The first kappa shape index (κ1) is 21.9. The second-order valence-electron chi connectivity index (χ2n) is 7.03. The molecule has 11 heteroatoms. The zero-order valence-corrected chi connectivity index (χ0v) is 18.2. The Kier molecular flexibility index (Phi) is 6.17. The van der Waals surface area contributed by atoms with Crippen LogP contribution >= 0.6 is 23.8 Å². The van der Waals surface area contributed by atoms with Gasteiger partial charge in [0.2, 0.25) is 0 Å². The van der Waals surface area contributed by atoms with Gasteiger partial charge in [-0.15, -0.1) is 0 Å². The van der Waals surface area contributed by atoms with Crippen molar-refractivity contribution in [3.8, 4) is 0 Å². The summed E-state index contributed by atoms with van der Waals surface area (Å²) in [5, 5.41) is 14.3. The average molecular weight is 473 g/mol. The fourth-order valence-electron chi connectivity index (χ4n) is 3.50. The van der Waals surface area contributed by atoms with Gasteiger partial charge in [-0.1, -0.05) is 11.6 Å². The van der Waals surface area contributed by atoms with Gasteiger partial charge in [0, 0.05) is 41.5 Å². The molecule has 2 aliphatic rings. The predicted molar refractivity (Wildman–Crippen MR) is 124 cm³/mol. The van der Waals surface area contributed by atoms with Gasteiger partial charge in [0.1, 0.15) is 5.57 Å². The summed E-state index contributed by atoms with van der Waals surface area (Å²) < 4.78 is 5.38. The Morgan fingerprint density at radius 3 is 2.47 bits per heavy atom. The van der Waals surface area contributed by atoms with E-state index in [1.807, 2.05) is 4.90 Å². The fourth-order valence-corrected chi connectivity index (χ4v) is 3.91. The van der Waals surface area contributed by atoms with Crippen molar-refractivity contribution in [2.45, 2.75) is 0 Å². The summed E-state index contributed by atoms with van der Waals surface area (Å²) in [5.74, 6) is -1.31. The SMILES string of the molecule is O=C1NC(=S)N(c2ccc(Cl)cc2)C(=O)C1=Cc1cc([N+](=O)[O-])ccc1N1CCOCC1. The minimum absolute atomic E-state index is 0.0630. The van der Waals surface area contributed by atoms with Gasteiger partial charge in [-0.05, 0) is 48.6 Å². The van der Waals surface area contributed by atoms with Crippen molar-refractivity contribution in [1.82, 2.24) is 5.32 Å². The molecule has 4 rings (SSSR count). The van der Waals surface area contributed by atoms with E-state index in [1.54, 1.807) is 30.3 Å². The number of hydrogen-bond donors (Lipinski definition) is 1. The summed E-state index contributed by atoms with van der Waals surface area (Å²) in [5.41, 5.74) is 1.13. The van der Waals surface area contributed by atoms with Crippen LogP contribution in [0.25, 0.3) is 6.08 Å². The normalized spacial score (nSPS) is 18.2. The number of thiocarbonyl (C=S) groups is 1. The molecule has 2 aromatic carbocycles. The van der Waals surface area contributed by atoms with Crippen molar-refractivity contribution in [2.24, 2.45) is 0 Å². The third kappa shape index (κ3) is 4.33. The van der Waals surface area contributed by atoms with Crippen LogP contribution in [0.15, 0.2) is 48.0 Å². The van der Waals surface area contributed by atoms with Gasteiger partial charge in [0.25, 0.3) is 17.5 Å². The van der Waals surface area contributed by atoms with Gasteiger partial charge >= 0.3 is 0 Å². The Labute approximate surface area is 193 Å². The molecule has 2 fully saturated rings. The summed E-state index contributed by atoms with van der Waals surface area (Å²) in [6.07, 6.45) is 1.36. The van der Waals surface area contributed by atoms with Crippen LogP contribution in [0.2, 0.25) is 5.02 Å². The van der Waals surface area contributed by atoms with E-state index in [4.69, 9.17) is 28.6 Å². The number of hydrogen-bond acceptors (Lipinski definition) is 7. The van der Waals surface area contributed by atoms with Crippen molar-refractivity contribution in [3.63, 3.8) is 0 Å². The first-order valence-corrected chi connectivity index (χ1v) is 10.4. The third-order valence-electron chi connectivity index (χ3n) is 5.06. The number of carbonyl (C=O) groups is 2. The lowest BCUT2D eigenvalue weighted by Crippen LogP contribution is -2.54. The van der Waals surface area contributed by atoms with Crippen LogP contribution < -0.4 is 15.1 Å². The molecule has 0 aromatic heterocycles. The quantitative estimate of drug-likeness (QED) is 0.240. The summed E-state index contributed by atoms with van der Waals surface area (Å²) in [7, 11) is 0. The van der Waals surface area contributed by atoms with Gasteiger partial charge in [0.15, 0.2) is 5.11 Å². The van der Waals surface area contributed by atoms with E-state index in [0.717, 1.165) is 0 Å². The number of amides is 2. The van der Waals surface area contributed by atoms with Gasteiger partial charge in [-0.3, -0.25) is 29.9 Å². The molecule has 32 heavy (non-hydrogen) atoms. The Bertz CT molecular complexity index is 1150. The number of ether oxygens (including phenoxy) is 1. The highest BCUT2D eigenvalue weighted by Crippen LogP contribution is 2.30. The number of halogens is 1. The Hall–Kier alpha value is -3.34. The fraction of sp³-hybridized carbons (Fsp3) is 0.190. The number of morpholine rings is 1. The van der Waals surface area contributed by atoms with Crippen molar-refractivity contribution in [2.75, 3.05) is 36.1 Å². The molecule has 2 saturated heterocycles. The Balaban J connectivity index is 1.78. The maximum atomic E-state index is 13.3. The molecule has 2 aromatic rings. The number of nitrogens with one attached hydrogen (secondary N) is 1. The zero-order chi connectivity index (χ0) is 22.8. The lowest BCUT2D eigenvalue weighted by molar-refractivity contribution is -0.384. The molecule has 2 aliphatic heterocycles. The van der Waals surface area contributed by atoms with Crippen LogP contribution in [-0.4, -0.2) is 48.2 Å². The van der Waals surface area contributed by atoms with E-state index >= 15 is 0 Å². The Morgan fingerprint density at radius 1 is 1.12 bits per heavy atom. The maximum absolute atomic E-state index is 13.3. The predicted octanol–water partition coefficient (Wildman–Crippen LogP) is 2.92. The number of anilines is 2. The lowest BCUT2D eigenvalue weighted by Gasteiger charge is -2.31. The minimum Gasteiger partial charge on any atom is -0.378 e. The van der Waals surface area contributed by atoms with Crippen molar-refractivity contribution in [3.05, 3.63) is 68.7 Å². The van der Waals surface area contributed by atoms with Gasteiger partial charge in [-0.2, -0.15) is 0 Å². The first-order valence-electron chi connectivity index (χ1n) is 9.63. The highest BCUT2D eigenvalue weighted by molar-refractivity contribution is 7.80. The molecular weight excluding hydrogens is 456 g/mol. The summed E-state index contributed by atoms with van der Waals surface area (Å²) in [6, 6.07) is 10.8. The van der Waals surface area contributed by atoms with Gasteiger partial charge in [0.05, 0.1) is 23.8 Å². The van der Waals surface area contributed by atoms with Crippen LogP contribution in [-0.2, 0) is 14.3 Å². The molecule has 164 valence electrons. The van der Waals surface area contributed by atoms with E-state index in [2.05, 4.69) is 5.32 Å². The van der Waals surface area contributed by atoms with Crippen LogP contribution in [0.1, 0.15) is 5.56 Å². The zero-order valence-electron chi connectivity index (χ0n) is 16.6. The van der Waals surface area contributed by atoms with E-state index < -0.39 is 16.7 Å². The number of nitrogens with zero attached hydrogens (tertiary/aromatic N) is 3. The standard InChI is InChI=1S/C21H17ClN4O5S/c22-14-1-3-15(4-2-14)25-20(28)17(19(27)23-21(25)32)12-13-11-16(26(29)30)5-6-18(13)24-7-9-31-10-8-24/h1-6,11-12H,7-10H2,(H,23,27,32). The second kappa shape index (κ2) is 9.03. The number of benzene rings is 2. The molecule has 0 saturated carbocycles. The molecule has 9 nitrogen and oxygen atoms in total. The summed E-state index contributed by atoms with van der Waals surface area (Å²) in [4.78, 5) is 39.9. The van der Waals surface area contributed by atoms with E-state index in [1.165, 1.54) is 23.1 Å². The van der Waals surface area contributed by atoms with Crippen molar-refractivity contribution < 1.29 is 19.2 Å². The highest BCUT2D eigenvalue weighted by atomic mass is 35.5. The topological polar surface area (TPSA) is 105 Å². The largest absolute Gasteiger partial charge is 0.378 e. The van der Waals surface area contributed by atoms with Crippen LogP contribution in [0.3, 0.4) is 0 Å². The van der Waals surface area contributed by atoms with Gasteiger partial charge < -0.3 is 9.64 Å². The smallest absolute Gasteiger partial charge is 0.270 e. The molecule has 0 bridgehead atoms. The lowest BCUT2D eigenvalue weighted by atomic mass is 10.0. The monoisotopic (exact) mass is 472 g/mol. The third-order valence-corrected chi connectivity index (χ3v) is 5.60. The summed E-state index contributed by atoms with van der Waals surface area (Å²) in [6.45, 7) is 2.17. The highest BCUT2D eigenvalue weighted by Gasteiger charge is 2.35. The van der Waals surface area contributed by atoms with E-state index in [-0.39, 0.29) is 16.4 Å². The molecule has 0 spiro atoms. The number of carbonyl (C=O) groups excluding carboxylic acids is 2. The first-order chi connectivity index (χ1) is 15.3. The van der Waals surface area contributed by atoms with E-state index in [0.29, 0.717) is 48.3 Å². The maximum Gasteiger partial charge on any atom is 0.270 e. The molecule has 0 radical (unpaired) electrons. The number of nitro groups is 1. The summed E-state index contributed by atoms with van der Waals surface area (Å²) >= 11 is 11.1. The molecule has 1 N–H and O–H groups in total. The second-order valence-corrected chi connectivity index (χ2v) is 7.86. The average Bonchev–Trinajstić information content (AvgIpc) is 2.78. The minimum atomic E-state index is -0.676.